The minimum absolute atomic E-state index is 0.100. The van der Waals surface area contributed by atoms with E-state index < -0.39 is 15.9 Å². The Bertz CT molecular complexity index is 907. The number of carbonyl (C=O) groups excluding carboxylic acids is 2. The van der Waals surface area contributed by atoms with Gasteiger partial charge in [-0.15, -0.1) is 0 Å². The van der Waals surface area contributed by atoms with Crippen molar-refractivity contribution in [3.05, 3.63) is 18.2 Å². The van der Waals surface area contributed by atoms with Crippen LogP contribution in [0.25, 0.3) is 0 Å². The number of amides is 2. The Morgan fingerprint density at radius 3 is 2.54 bits per heavy atom. The van der Waals surface area contributed by atoms with E-state index in [-0.39, 0.29) is 35.0 Å². The van der Waals surface area contributed by atoms with Crippen LogP contribution in [0.3, 0.4) is 0 Å². The van der Waals surface area contributed by atoms with Crippen molar-refractivity contribution in [1.82, 2.24) is 9.31 Å². The molecule has 1 aromatic rings. The van der Waals surface area contributed by atoms with Crippen LogP contribution in [-0.2, 0) is 19.6 Å². The van der Waals surface area contributed by atoms with E-state index in [1.807, 2.05) is 0 Å². The van der Waals surface area contributed by atoms with Crippen LogP contribution < -0.4 is 10.1 Å². The second-order valence-electron chi connectivity index (χ2n) is 6.74. The predicted octanol–water partition coefficient (Wildman–Crippen LogP) is 1.42. The van der Waals surface area contributed by atoms with Crippen molar-refractivity contribution in [2.75, 3.05) is 32.6 Å². The molecule has 0 bridgehead atoms. The normalized spacial score (nSPS) is 18.6. The van der Waals surface area contributed by atoms with Gasteiger partial charge in [0, 0.05) is 33.0 Å². The van der Waals surface area contributed by atoms with Gasteiger partial charge in [-0.1, -0.05) is 6.42 Å². The molecule has 0 saturated carbocycles. The summed E-state index contributed by atoms with van der Waals surface area (Å²) in [5, 5.41) is 7.78. The van der Waals surface area contributed by atoms with Gasteiger partial charge < -0.3 is 10.1 Å². The number of ether oxygens (including phenoxy) is 1. The van der Waals surface area contributed by atoms with Gasteiger partial charge in [-0.3, -0.25) is 9.59 Å². The Morgan fingerprint density at radius 1 is 1.18 bits per heavy atom. The third-order valence-electron chi connectivity index (χ3n) is 4.84. The van der Waals surface area contributed by atoms with Crippen molar-refractivity contribution in [1.29, 1.82) is 0 Å². The Kier molecular flexibility index (Phi) is 5.99. The Balaban J connectivity index is 1.86. The third-order valence-corrected chi connectivity index (χ3v) is 6.74. The minimum Gasteiger partial charge on any atom is -0.495 e. The van der Waals surface area contributed by atoms with E-state index >= 15 is 0 Å². The van der Waals surface area contributed by atoms with Gasteiger partial charge in [0.15, 0.2) is 0 Å². The predicted molar refractivity (Wildman–Crippen MR) is 104 cm³/mol. The molecule has 152 valence electrons. The molecular formula is C18H24N4O5S. The van der Waals surface area contributed by atoms with Crippen LogP contribution in [0, 0.1) is 0 Å². The average molecular weight is 408 g/mol. The van der Waals surface area contributed by atoms with Crippen molar-refractivity contribution in [3.8, 4) is 5.75 Å². The first-order valence-corrected chi connectivity index (χ1v) is 10.6. The van der Waals surface area contributed by atoms with E-state index in [9.17, 15) is 18.0 Å². The maximum atomic E-state index is 12.9. The molecule has 0 radical (unpaired) electrons. The first kappa shape index (κ1) is 20.3. The molecule has 0 atom stereocenters. The number of hydrazone groups is 1. The maximum Gasteiger partial charge on any atom is 0.271 e. The summed E-state index contributed by atoms with van der Waals surface area (Å²) in [5.41, 5.74) is 0.446. The Morgan fingerprint density at radius 2 is 1.89 bits per heavy atom. The van der Waals surface area contributed by atoms with Gasteiger partial charge >= 0.3 is 0 Å². The third kappa shape index (κ3) is 4.17. The second-order valence-corrected chi connectivity index (χ2v) is 8.68. The van der Waals surface area contributed by atoms with Crippen molar-refractivity contribution in [2.24, 2.45) is 5.10 Å². The monoisotopic (exact) mass is 408 g/mol. The fourth-order valence-electron chi connectivity index (χ4n) is 3.23. The van der Waals surface area contributed by atoms with Gasteiger partial charge in [0.05, 0.1) is 17.7 Å². The van der Waals surface area contributed by atoms with Crippen LogP contribution in [0.4, 0.5) is 5.69 Å². The summed E-state index contributed by atoms with van der Waals surface area (Å²) in [5.74, 6) is -0.319. The highest BCUT2D eigenvalue weighted by molar-refractivity contribution is 7.89. The minimum atomic E-state index is -3.64. The summed E-state index contributed by atoms with van der Waals surface area (Å²) in [6.45, 7) is 0.987. The number of rotatable bonds is 5. The molecule has 0 aromatic heterocycles. The van der Waals surface area contributed by atoms with E-state index in [1.54, 1.807) is 0 Å². The Labute approximate surface area is 164 Å². The molecule has 0 spiro atoms. The summed E-state index contributed by atoms with van der Waals surface area (Å²) in [7, 11) is -0.717. The number of nitrogens with one attached hydrogen (secondary N) is 1. The molecule has 0 aliphatic carbocycles. The lowest BCUT2D eigenvalue weighted by Crippen LogP contribution is -2.36. The molecule has 2 aliphatic heterocycles. The fraction of sp³-hybridized carbons (Fsp3) is 0.500. The zero-order valence-corrected chi connectivity index (χ0v) is 16.8. The molecule has 3 rings (SSSR count). The van der Waals surface area contributed by atoms with Crippen LogP contribution in [0.2, 0.25) is 0 Å². The molecule has 2 aliphatic rings. The highest BCUT2D eigenvalue weighted by Gasteiger charge is 2.28. The molecular weight excluding hydrogens is 384 g/mol. The van der Waals surface area contributed by atoms with Crippen LogP contribution in [-0.4, -0.2) is 62.5 Å². The molecule has 1 saturated heterocycles. The van der Waals surface area contributed by atoms with Crippen LogP contribution >= 0.6 is 0 Å². The molecule has 1 N–H and O–H groups in total. The molecule has 1 aromatic carbocycles. The number of piperidine rings is 1. The van der Waals surface area contributed by atoms with E-state index in [1.165, 1.54) is 36.7 Å². The summed E-state index contributed by atoms with van der Waals surface area (Å²) < 4.78 is 32.5. The highest BCUT2D eigenvalue weighted by Crippen LogP contribution is 2.30. The quantitative estimate of drug-likeness (QED) is 0.793. The fourth-order valence-corrected chi connectivity index (χ4v) is 4.77. The summed E-state index contributed by atoms with van der Waals surface area (Å²) in [4.78, 5) is 24.2. The van der Waals surface area contributed by atoms with Crippen LogP contribution in [0.15, 0.2) is 28.2 Å². The number of nitrogens with zero attached hydrogens (tertiary/aromatic N) is 3. The van der Waals surface area contributed by atoms with E-state index in [0.29, 0.717) is 18.8 Å². The van der Waals surface area contributed by atoms with Crippen molar-refractivity contribution in [3.63, 3.8) is 0 Å². The lowest BCUT2D eigenvalue weighted by molar-refractivity contribution is -0.130. The van der Waals surface area contributed by atoms with Crippen LogP contribution in [0.1, 0.15) is 32.1 Å². The number of hydrogen-bond donors (Lipinski definition) is 1. The Hall–Kier alpha value is -2.46. The van der Waals surface area contributed by atoms with E-state index in [0.717, 1.165) is 24.3 Å². The average Bonchev–Trinajstić information content (AvgIpc) is 2.70. The number of anilines is 1. The maximum absolute atomic E-state index is 12.9. The van der Waals surface area contributed by atoms with Crippen LogP contribution in [0.5, 0.6) is 5.75 Å². The number of hydrogen-bond acceptors (Lipinski definition) is 6. The van der Waals surface area contributed by atoms with Gasteiger partial charge in [-0.25, -0.2) is 13.4 Å². The van der Waals surface area contributed by atoms with Crippen molar-refractivity contribution >= 4 is 33.2 Å². The van der Waals surface area contributed by atoms with Gasteiger partial charge in [0.25, 0.3) is 5.91 Å². The number of carbonyl (C=O) groups is 2. The first-order chi connectivity index (χ1) is 13.3. The first-order valence-electron chi connectivity index (χ1n) is 9.16. The number of sulfonamides is 1. The number of benzene rings is 1. The zero-order valence-electron chi connectivity index (χ0n) is 16.0. The topological polar surface area (TPSA) is 108 Å². The highest BCUT2D eigenvalue weighted by atomic mass is 32.2. The van der Waals surface area contributed by atoms with Gasteiger partial charge in [0.1, 0.15) is 11.5 Å². The van der Waals surface area contributed by atoms with Gasteiger partial charge in [0.2, 0.25) is 15.9 Å². The largest absolute Gasteiger partial charge is 0.495 e. The van der Waals surface area contributed by atoms with E-state index in [2.05, 4.69) is 10.4 Å². The molecule has 9 nitrogen and oxygen atoms in total. The second kappa shape index (κ2) is 8.27. The van der Waals surface area contributed by atoms with E-state index in [4.69, 9.17) is 4.74 Å². The molecule has 28 heavy (non-hydrogen) atoms. The lowest BCUT2D eigenvalue weighted by atomic mass is 10.1. The van der Waals surface area contributed by atoms with Gasteiger partial charge in [-0.2, -0.15) is 9.41 Å². The molecule has 10 heteroatoms. The number of methoxy groups -OCH3 is 1. The molecule has 2 heterocycles. The van der Waals surface area contributed by atoms with Gasteiger partial charge in [-0.05, 0) is 31.0 Å². The summed E-state index contributed by atoms with van der Waals surface area (Å²) in [6, 6.07) is 4.40. The summed E-state index contributed by atoms with van der Waals surface area (Å²) >= 11 is 0. The molecule has 0 unspecified atom stereocenters. The standard InChI is InChI=1S/C18H24N4O5S/c1-21-17(23)9-7-14(20-21)18(24)19-15-12-13(6-8-16(15)27-2)28(25,26)22-10-4-3-5-11-22/h6,8,12H,3-5,7,9-11H2,1-2H3,(H,19,24). The van der Waals surface area contributed by atoms with Crippen molar-refractivity contribution in [2.45, 2.75) is 37.0 Å². The SMILES string of the molecule is COc1ccc(S(=O)(=O)N2CCCCC2)cc1NC(=O)C1=NN(C)C(=O)CC1. The molecule has 1 fully saturated rings. The molecule has 2 amide bonds. The smallest absolute Gasteiger partial charge is 0.271 e. The lowest BCUT2D eigenvalue weighted by Gasteiger charge is -2.26. The summed E-state index contributed by atoms with van der Waals surface area (Å²) in [6.07, 6.45) is 3.12. The zero-order chi connectivity index (χ0) is 20.3. The van der Waals surface area contributed by atoms with Crippen molar-refractivity contribution < 1.29 is 22.7 Å².